The van der Waals surface area contributed by atoms with Crippen LogP contribution in [0.2, 0.25) is 0 Å². The summed E-state index contributed by atoms with van der Waals surface area (Å²) in [5.41, 5.74) is 5.06. The van der Waals surface area contributed by atoms with Gasteiger partial charge in [-0.05, 0) is 48.5 Å². The second-order valence-electron chi connectivity index (χ2n) is 13.3. The fourth-order valence-corrected chi connectivity index (χ4v) is 5.87. The number of nitrogens with one attached hydrogen (secondary N) is 2. The second kappa shape index (κ2) is 28.3. The summed E-state index contributed by atoms with van der Waals surface area (Å²) in [4.78, 5) is 40.4. The molecule has 2 N–H and O–H groups in total. The van der Waals surface area contributed by atoms with E-state index in [9.17, 15) is 0 Å². The van der Waals surface area contributed by atoms with E-state index in [1.807, 2.05) is 61.2 Å². The fourth-order valence-electron chi connectivity index (χ4n) is 5.87. The molecule has 0 bridgehead atoms. The number of pyridine rings is 4. The number of carboxylic acids is 2. The maximum Gasteiger partial charge on any atom is 2.00 e. The average molecular weight is 979 g/mol. The van der Waals surface area contributed by atoms with Gasteiger partial charge in [-0.3, -0.25) is 19.9 Å². The summed E-state index contributed by atoms with van der Waals surface area (Å²) < 4.78 is 67.9. The molecule has 2 fully saturated rings. The van der Waals surface area contributed by atoms with Gasteiger partial charge in [0, 0.05) is 112 Å². The molecule has 20 nitrogen and oxygen atoms in total. The number of hydrogen-bond acceptors (Lipinski definition) is 20. The predicted molar refractivity (Wildman–Crippen MR) is 178 cm³/mol. The van der Waals surface area contributed by atoms with Crippen molar-refractivity contribution in [1.29, 1.82) is 0 Å². The van der Waals surface area contributed by atoms with Crippen LogP contribution in [0.1, 0.15) is 36.6 Å². The van der Waals surface area contributed by atoms with Gasteiger partial charge >= 0.3 is 34.1 Å². The van der Waals surface area contributed by atoms with Crippen LogP contribution in [0.15, 0.2) is 97.6 Å². The van der Waals surface area contributed by atoms with Gasteiger partial charge < -0.3 is 40.2 Å². The van der Waals surface area contributed by atoms with Crippen LogP contribution >= 0.6 is 0 Å². The Balaban J connectivity index is 0.000000836. The van der Waals surface area contributed by atoms with E-state index in [1.165, 1.54) is 11.4 Å². The topological polar surface area (TPSA) is 347 Å². The maximum atomic E-state index is 8.93. The molecule has 336 valence electrons. The molecule has 0 aliphatic carbocycles. The maximum absolute atomic E-state index is 8.93. The summed E-state index contributed by atoms with van der Waals surface area (Å²) in [6.07, 6.45) is 7.45. The largest absolute Gasteiger partial charge is 2.00 e. The van der Waals surface area contributed by atoms with Crippen LogP contribution in [0.3, 0.4) is 0 Å². The summed E-state index contributed by atoms with van der Waals surface area (Å²) in [6, 6.07) is 24.4. The molecule has 2 saturated heterocycles. The Bertz CT molecular complexity index is 1610. The molecular formula is C36H44Cl2Cu2N8O12. The van der Waals surface area contributed by atoms with Crippen LogP contribution in [0, 0.1) is 20.5 Å². The van der Waals surface area contributed by atoms with Gasteiger partial charge in [-0.25, -0.2) is 37.3 Å². The molecule has 2 aliphatic rings. The van der Waals surface area contributed by atoms with E-state index in [1.54, 1.807) is 0 Å². The molecular weight excluding hydrogens is 934 g/mol. The Kier molecular flexibility index (Phi) is 26.7. The van der Waals surface area contributed by atoms with Gasteiger partial charge in [-0.2, -0.15) is 0 Å². The first-order valence-corrected chi connectivity index (χ1v) is 19.8. The molecule has 60 heavy (non-hydrogen) atoms. The zero-order chi connectivity index (χ0) is 43.2. The van der Waals surface area contributed by atoms with E-state index in [0.29, 0.717) is 0 Å². The number of rotatable bonds is 12. The van der Waals surface area contributed by atoms with Crippen LogP contribution in [-0.4, -0.2) is 94.0 Å². The molecule has 0 spiro atoms. The summed E-state index contributed by atoms with van der Waals surface area (Å²) in [5, 5.41) is 24.7. The molecule has 2 aliphatic heterocycles. The standard InChI is InChI=1S/2C17H22N4.C2H2O4.2ClHO4.2Cu/c2*1-17(16-7-3-5-9-20-16)13-21(14-17)11-10-18-12-15-6-2-4-8-19-15;3-1(4)2(5)6;2*2-1(3,4)5;;/h2*2-9,18H,10-14H2,1H3;(H,3,4)(H,5,6);2*(H,2,3,4,5);;/q;;;;;2*+2/p-4. The second-order valence-corrected chi connectivity index (χ2v) is 14.8. The number of halogens is 2. The first-order valence-electron chi connectivity index (χ1n) is 17.3. The van der Waals surface area contributed by atoms with Crippen molar-refractivity contribution in [3.05, 3.63) is 120 Å². The summed E-state index contributed by atoms with van der Waals surface area (Å²) >= 11 is 0. The predicted octanol–water partition coefficient (Wildman–Crippen LogP) is -9.35. The molecule has 0 amide bonds. The third-order valence-corrected chi connectivity index (χ3v) is 8.30. The minimum Gasteiger partial charge on any atom is -0.543 e. The van der Waals surface area contributed by atoms with Crippen molar-refractivity contribution < 1.29 is 112 Å². The van der Waals surface area contributed by atoms with Gasteiger partial charge in [0.2, 0.25) is 0 Å². The molecule has 4 aromatic rings. The Morgan fingerprint density at radius 2 is 0.833 bits per heavy atom. The van der Waals surface area contributed by atoms with Crippen LogP contribution in [0.25, 0.3) is 0 Å². The molecule has 0 aromatic carbocycles. The number of aromatic nitrogens is 4. The minimum atomic E-state index is -4.94. The Morgan fingerprint density at radius 3 is 1.07 bits per heavy atom. The first-order chi connectivity index (χ1) is 27.2. The van der Waals surface area contributed by atoms with Gasteiger partial charge in [-0.15, -0.1) is 20.5 Å². The first kappa shape index (κ1) is 56.7. The smallest absolute Gasteiger partial charge is 0.543 e. The number of carbonyl (C=O) groups is 2. The van der Waals surface area contributed by atoms with Crippen molar-refractivity contribution in [3.63, 3.8) is 0 Å². The minimum absolute atomic E-state index is 0. The van der Waals surface area contributed by atoms with E-state index >= 15 is 0 Å². The van der Waals surface area contributed by atoms with Crippen LogP contribution in [-0.2, 0) is 67.6 Å². The molecule has 0 atom stereocenters. The molecule has 24 heteroatoms. The number of likely N-dealkylation sites (tertiary alicyclic amines) is 2. The van der Waals surface area contributed by atoms with Gasteiger partial charge in [0.05, 0.1) is 23.3 Å². The average Bonchev–Trinajstić information content (AvgIpc) is 3.14. The monoisotopic (exact) mass is 976 g/mol. The molecule has 0 saturated carbocycles. The molecule has 0 unspecified atom stereocenters. The summed E-state index contributed by atoms with van der Waals surface area (Å²) in [7, 11) is -9.89. The number of aliphatic carboxylic acids is 2. The van der Waals surface area contributed by atoms with Gasteiger partial charge in [0.1, 0.15) is 0 Å². The van der Waals surface area contributed by atoms with Crippen molar-refractivity contribution in [1.82, 2.24) is 40.4 Å². The van der Waals surface area contributed by atoms with E-state index in [-0.39, 0.29) is 45.0 Å². The van der Waals surface area contributed by atoms with E-state index < -0.39 is 32.4 Å². The third-order valence-electron chi connectivity index (χ3n) is 8.30. The van der Waals surface area contributed by atoms with Crippen LogP contribution in [0.5, 0.6) is 0 Å². The Morgan fingerprint density at radius 1 is 0.550 bits per heavy atom. The SMILES string of the molecule is CC1(c2ccccn2)CN(CCNCc2ccccn2)C1.CC1(c2ccccn2)CN(CCNCc2ccccn2)C1.O=C([O-])C(=O)[O-].[Cu+2].[Cu+2].[O-][Cl+3]([O-])([O-])[O-].[O-][Cl+3]([O-])([O-])[O-]. The van der Waals surface area contributed by atoms with E-state index in [2.05, 4.69) is 90.6 Å². The summed E-state index contributed by atoms with van der Waals surface area (Å²) in [5.74, 6) is -4.37. The third kappa shape index (κ3) is 25.5. The fraction of sp³-hybridized carbons (Fsp3) is 0.389. The Labute approximate surface area is 372 Å². The van der Waals surface area contributed by atoms with Crippen molar-refractivity contribution in [2.45, 2.75) is 37.8 Å². The van der Waals surface area contributed by atoms with Crippen LogP contribution in [0.4, 0.5) is 0 Å². The summed E-state index contributed by atoms with van der Waals surface area (Å²) in [6.45, 7) is 14.8. The molecule has 6 rings (SSSR count). The number of carboxylic acid groups (broad SMARTS) is 2. The van der Waals surface area contributed by atoms with E-state index in [4.69, 9.17) is 57.1 Å². The van der Waals surface area contributed by atoms with Crippen molar-refractivity contribution in [3.8, 4) is 0 Å². The normalized spacial score (nSPS) is 14.9. The zero-order valence-corrected chi connectivity index (χ0v) is 35.6. The quantitative estimate of drug-likeness (QED) is 0.0756. The van der Waals surface area contributed by atoms with Gasteiger partial charge in [0.15, 0.2) is 0 Å². The van der Waals surface area contributed by atoms with Gasteiger partial charge in [0.25, 0.3) is 0 Å². The van der Waals surface area contributed by atoms with Crippen molar-refractivity contribution >= 4 is 11.9 Å². The molecule has 6 heterocycles. The molecule has 4 aromatic heterocycles. The number of carbonyl (C=O) groups excluding carboxylic acids is 2. The number of hydrogen-bond donors (Lipinski definition) is 2. The van der Waals surface area contributed by atoms with Crippen molar-refractivity contribution in [2.24, 2.45) is 0 Å². The van der Waals surface area contributed by atoms with Gasteiger partial charge in [-0.1, -0.05) is 38.1 Å². The van der Waals surface area contributed by atoms with Crippen LogP contribution < -0.4 is 58.1 Å². The zero-order valence-electron chi connectivity index (χ0n) is 32.2. The molecule has 2 radical (unpaired) electrons. The Hall–Kier alpha value is -3.32. The number of nitrogens with zero attached hydrogens (tertiary/aromatic N) is 6. The van der Waals surface area contributed by atoms with E-state index in [0.717, 1.165) is 76.8 Å². The van der Waals surface area contributed by atoms with Crippen molar-refractivity contribution in [2.75, 3.05) is 52.4 Å².